The van der Waals surface area contributed by atoms with Crippen molar-refractivity contribution in [2.24, 2.45) is 0 Å². The van der Waals surface area contributed by atoms with Gasteiger partial charge >= 0.3 is 0 Å². The summed E-state index contributed by atoms with van der Waals surface area (Å²) in [7, 11) is 0. The first kappa shape index (κ1) is 35.1. The molecule has 0 bridgehead atoms. The number of thiophene rings is 1. The fourth-order valence-corrected chi connectivity index (χ4v) is 10.3. The summed E-state index contributed by atoms with van der Waals surface area (Å²) in [6.07, 6.45) is 0. The minimum absolute atomic E-state index is 0.457. The quantitative estimate of drug-likeness (QED) is 0.153. The summed E-state index contributed by atoms with van der Waals surface area (Å²) in [5.41, 5.74) is 15.1. The molecule has 0 amide bonds. The number of anilines is 3. The number of nitrogens with zero attached hydrogens (tertiary/aromatic N) is 1. The van der Waals surface area contributed by atoms with E-state index in [0.717, 1.165) is 49.4 Å². The number of fused-ring (bicyclic) bond motifs is 4. The molecule has 282 valence electrons. The van der Waals surface area contributed by atoms with Gasteiger partial charge in [0.1, 0.15) is 13.2 Å². The van der Waals surface area contributed by atoms with Gasteiger partial charge in [-0.1, -0.05) is 176 Å². The largest absolute Gasteiger partial charge is 0.485 e. The molecule has 0 radical (unpaired) electrons. The van der Waals surface area contributed by atoms with E-state index in [9.17, 15) is 0 Å². The van der Waals surface area contributed by atoms with Crippen LogP contribution in [0.5, 0.6) is 11.5 Å². The number of rotatable bonds is 8. The maximum atomic E-state index is 6.29. The normalized spacial score (nSPS) is 13.4. The molecule has 1 aromatic heterocycles. The van der Waals surface area contributed by atoms with Crippen molar-refractivity contribution >= 4 is 28.4 Å². The zero-order valence-electron chi connectivity index (χ0n) is 32.3. The lowest BCUT2D eigenvalue weighted by atomic mass is 9.68. The third-order valence-electron chi connectivity index (χ3n) is 11.8. The van der Waals surface area contributed by atoms with Gasteiger partial charge in [0.2, 0.25) is 0 Å². The summed E-state index contributed by atoms with van der Waals surface area (Å²) in [6.45, 7) is 1.08. The van der Waals surface area contributed by atoms with Crippen LogP contribution in [0.3, 0.4) is 0 Å². The van der Waals surface area contributed by atoms with Gasteiger partial charge in [-0.05, 0) is 92.0 Å². The Labute approximate surface area is 349 Å². The molecule has 0 spiro atoms. The average Bonchev–Trinajstić information content (AvgIpc) is 3.86. The molecule has 4 heteroatoms. The lowest BCUT2D eigenvalue weighted by molar-refractivity contribution is 0.175. The molecule has 1 aliphatic heterocycles. The molecule has 3 nitrogen and oxygen atoms in total. The van der Waals surface area contributed by atoms with Crippen molar-refractivity contribution in [3.8, 4) is 54.6 Å². The first-order chi connectivity index (χ1) is 29.3. The molecule has 0 atom stereocenters. The van der Waals surface area contributed by atoms with Gasteiger partial charge in [0.05, 0.1) is 15.2 Å². The molecule has 9 aromatic rings. The molecular formula is C55H39NO2S. The summed E-state index contributed by atoms with van der Waals surface area (Å²) in [6, 6.07) is 76.8. The van der Waals surface area contributed by atoms with Crippen LogP contribution >= 0.6 is 11.3 Å². The van der Waals surface area contributed by atoms with Crippen LogP contribution in [0, 0.1) is 0 Å². The van der Waals surface area contributed by atoms with Gasteiger partial charge in [0.15, 0.2) is 11.5 Å². The first-order valence-electron chi connectivity index (χ1n) is 20.2. The Balaban J connectivity index is 1.03. The van der Waals surface area contributed by atoms with Gasteiger partial charge in [0.25, 0.3) is 0 Å². The highest BCUT2D eigenvalue weighted by atomic mass is 32.1. The lowest BCUT2D eigenvalue weighted by Crippen LogP contribution is -2.28. The van der Waals surface area contributed by atoms with E-state index in [1.807, 2.05) is 6.07 Å². The Hall–Kier alpha value is -7.14. The van der Waals surface area contributed by atoms with Crippen molar-refractivity contribution in [1.82, 2.24) is 0 Å². The highest BCUT2D eigenvalue weighted by Crippen LogP contribution is 2.57. The monoisotopic (exact) mass is 777 g/mol. The number of benzene rings is 8. The number of hydrogen-bond donors (Lipinski definition) is 0. The predicted molar refractivity (Wildman–Crippen MR) is 244 cm³/mol. The molecule has 0 unspecified atom stereocenters. The van der Waals surface area contributed by atoms with Crippen LogP contribution in [-0.4, -0.2) is 13.2 Å². The molecular weight excluding hydrogens is 739 g/mol. The second-order valence-corrected chi connectivity index (χ2v) is 16.1. The van der Waals surface area contributed by atoms with E-state index >= 15 is 0 Å². The molecule has 59 heavy (non-hydrogen) atoms. The van der Waals surface area contributed by atoms with Crippen molar-refractivity contribution in [2.45, 2.75) is 5.41 Å². The highest BCUT2D eigenvalue weighted by molar-refractivity contribution is 7.19. The molecule has 2 heterocycles. The predicted octanol–water partition coefficient (Wildman–Crippen LogP) is 14.4. The van der Waals surface area contributed by atoms with Gasteiger partial charge in [0, 0.05) is 17.1 Å². The Morgan fingerprint density at radius 2 is 0.729 bits per heavy atom. The SMILES string of the molecule is c1ccc(-c2ccc(N(c3ccc(-c4sc(-c5ccccc5)c5c4OCCO5)cc3)c3ccc(C4(c5ccccc5)c5ccccc5-c5ccccc54)cc3)cc2)cc1. The van der Waals surface area contributed by atoms with Gasteiger partial charge in [-0.2, -0.15) is 0 Å². The Morgan fingerprint density at radius 1 is 0.356 bits per heavy atom. The minimum atomic E-state index is -0.457. The highest BCUT2D eigenvalue weighted by Gasteiger charge is 2.45. The van der Waals surface area contributed by atoms with Crippen LogP contribution in [0.4, 0.5) is 17.1 Å². The van der Waals surface area contributed by atoms with Crippen molar-refractivity contribution in [3.05, 3.63) is 235 Å². The minimum Gasteiger partial charge on any atom is -0.485 e. The van der Waals surface area contributed by atoms with Crippen molar-refractivity contribution < 1.29 is 9.47 Å². The topological polar surface area (TPSA) is 21.7 Å². The van der Waals surface area contributed by atoms with Crippen LogP contribution in [0.25, 0.3) is 43.1 Å². The molecule has 2 aliphatic rings. The average molecular weight is 778 g/mol. The number of hydrogen-bond acceptors (Lipinski definition) is 4. The van der Waals surface area contributed by atoms with E-state index in [0.29, 0.717) is 13.2 Å². The fraction of sp³-hybridized carbons (Fsp3) is 0.0545. The summed E-state index contributed by atoms with van der Waals surface area (Å²) in [5, 5.41) is 0. The zero-order chi connectivity index (χ0) is 39.2. The van der Waals surface area contributed by atoms with Gasteiger partial charge in [-0.25, -0.2) is 0 Å². The van der Waals surface area contributed by atoms with E-state index < -0.39 is 5.41 Å². The molecule has 11 rings (SSSR count). The first-order valence-corrected chi connectivity index (χ1v) is 21.0. The standard InChI is InChI=1S/C55H39NO2S/c1-4-14-38(15-5-1)39-24-30-44(31-25-39)56(45-32-26-41(27-33-45)54-52-51(57-36-37-58-52)53(59-54)40-16-6-2-7-17-40)46-34-28-43(29-35-46)55(42-18-8-3-9-19-42)49-22-12-10-20-47(49)48-21-11-13-23-50(48)55/h1-35H,36-37H2. The van der Waals surface area contributed by atoms with E-state index in [1.54, 1.807) is 11.3 Å². The second kappa shape index (κ2) is 14.7. The van der Waals surface area contributed by atoms with Crippen molar-refractivity contribution in [1.29, 1.82) is 0 Å². The van der Waals surface area contributed by atoms with Crippen LogP contribution in [0.15, 0.2) is 212 Å². The van der Waals surface area contributed by atoms with Gasteiger partial charge in [-0.15, -0.1) is 11.3 Å². The van der Waals surface area contributed by atoms with Crippen molar-refractivity contribution in [2.75, 3.05) is 18.1 Å². The van der Waals surface area contributed by atoms with E-state index in [-0.39, 0.29) is 0 Å². The van der Waals surface area contributed by atoms with E-state index in [2.05, 4.69) is 211 Å². The Kier molecular flexibility index (Phi) is 8.71. The summed E-state index contributed by atoms with van der Waals surface area (Å²) < 4.78 is 12.5. The lowest BCUT2D eigenvalue weighted by Gasteiger charge is -2.34. The van der Waals surface area contributed by atoms with Crippen LogP contribution < -0.4 is 14.4 Å². The molecule has 8 aromatic carbocycles. The molecule has 1 aliphatic carbocycles. The third kappa shape index (κ3) is 5.87. The Bertz CT molecular complexity index is 2860. The summed E-state index contributed by atoms with van der Waals surface area (Å²) in [5.74, 6) is 1.67. The van der Waals surface area contributed by atoms with Crippen LogP contribution in [-0.2, 0) is 5.41 Å². The van der Waals surface area contributed by atoms with E-state index in [1.165, 1.54) is 44.5 Å². The Morgan fingerprint density at radius 3 is 1.25 bits per heavy atom. The van der Waals surface area contributed by atoms with Crippen LogP contribution in [0.2, 0.25) is 0 Å². The maximum absolute atomic E-state index is 6.29. The molecule has 0 N–H and O–H groups in total. The summed E-state index contributed by atoms with van der Waals surface area (Å²) in [4.78, 5) is 4.53. The molecule has 0 saturated carbocycles. The van der Waals surface area contributed by atoms with Gasteiger partial charge < -0.3 is 14.4 Å². The smallest absolute Gasteiger partial charge is 0.180 e. The third-order valence-corrected chi connectivity index (χ3v) is 13.0. The van der Waals surface area contributed by atoms with Gasteiger partial charge in [-0.3, -0.25) is 0 Å². The number of ether oxygens (including phenoxy) is 2. The zero-order valence-corrected chi connectivity index (χ0v) is 33.1. The summed E-state index contributed by atoms with van der Waals surface area (Å²) >= 11 is 1.73. The maximum Gasteiger partial charge on any atom is 0.180 e. The van der Waals surface area contributed by atoms with Crippen molar-refractivity contribution in [3.63, 3.8) is 0 Å². The van der Waals surface area contributed by atoms with E-state index in [4.69, 9.17) is 9.47 Å². The fourth-order valence-electron chi connectivity index (χ4n) is 9.14. The molecule has 0 saturated heterocycles. The molecule has 0 fully saturated rings. The van der Waals surface area contributed by atoms with Crippen LogP contribution in [0.1, 0.15) is 22.3 Å². The second-order valence-electron chi connectivity index (χ2n) is 15.0.